The van der Waals surface area contributed by atoms with E-state index in [0.717, 1.165) is 37.6 Å². The first-order chi connectivity index (χ1) is 9.20. The number of anilines is 1. The summed E-state index contributed by atoms with van der Waals surface area (Å²) >= 11 is 0. The third-order valence-electron chi connectivity index (χ3n) is 3.68. The summed E-state index contributed by atoms with van der Waals surface area (Å²) in [6, 6.07) is 2.72. The van der Waals surface area contributed by atoms with Crippen molar-refractivity contribution in [2.75, 3.05) is 24.5 Å². The first kappa shape index (κ1) is 14.3. The Labute approximate surface area is 116 Å². The van der Waals surface area contributed by atoms with Gasteiger partial charge >= 0.3 is 0 Å². The first-order valence-corrected chi connectivity index (χ1v) is 7.49. The van der Waals surface area contributed by atoms with Gasteiger partial charge in [-0.1, -0.05) is 20.8 Å². The highest BCUT2D eigenvalue weighted by atomic mass is 15.2. The zero-order valence-corrected chi connectivity index (χ0v) is 12.4. The van der Waals surface area contributed by atoms with Crippen LogP contribution in [-0.2, 0) is 6.42 Å². The molecule has 1 aliphatic rings. The van der Waals surface area contributed by atoms with Crippen molar-refractivity contribution in [3.8, 4) is 0 Å². The van der Waals surface area contributed by atoms with Crippen molar-refractivity contribution in [3.05, 3.63) is 18.1 Å². The van der Waals surface area contributed by atoms with E-state index in [1.807, 2.05) is 0 Å². The summed E-state index contributed by atoms with van der Waals surface area (Å²) in [7, 11) is 0. The summed E-state index contributed by atoms with van der Waals surface area (Å²) in [6.07, 6.45) is 5.20. The highest BCUT2D eigenvalue weighted by Gasteiger charge is 2.25. The summed E-state index contributed by atoms with van der Waals surface area (Å²) in [5.74, 6) is 1.81. The smallest absolute Gasteiger partial charge is 0.132 e. The van der Waals surface area contributed by atoms with Crippen molar-refractivity contribution in [2.45, 2.75) is 46.1 Å². The predicted molar refractivity (Wildman–Crippen MR) is 79.5 cm³/mol. The van der Waals surface area contributed by atoms with Crippen LogP contribution in [0.25, 0.3) is 0 Å². The van der Waals surface area contributed by atoms with Crippen LogP contribution in [0, 0.1) is 5.92 Å². The molecule has 0 aliphatic carbocycles. The van der Waals surface area contributed by atoms with Gasteiger partial charge in [0, 0.05) is 30.9 Å². The van der Waals surface area contributed by atoms with Crippen LogP contribution in [0.2, 0.25) is 0 Å². The monoisotopic (exact) mass is 262 g/mol. The fourth-order valence-corrected chi connectivity index (χ4v) is 2.62. The van der Waals surface area contributed by atoms with Gasteiger partial charge in [-0.25, -0.2) is 9.97 Å². The Morgan fingerprint density at radius 1 is 1.42 bits per heavy atom. The fourth-order valence-electron chi connectivity index (χ4n) is 2.62. The maximum Gasteiger partial charge on any atom is 0.132 e. The number of nitrogens with one attached hydrogen (secondary N) is 1. The molecule has 1 atom stereocenters. The molecule has 0 bridgehead atoms. The standard InChI is InChI=1S/C15H26N4/c1-4-13-8-15(18-11-17-13)19-7-5-6-14(19)10-16-9-12(2)3/h8,11-12,14,16H,4-7,9-10H2,1-3H3. The Morgan fingerprint density at radius 3 is 3.00 bits per heavy atom. The minimum absolute atomic E-state index is 0.582. The molecule has 19 heavy (non-hydrogen) atoms. The quantitative estimate of drug-likeness (QED) is 0.854. The van der Waals surface area contributed by atoms with E-state index in [-0.39, 0.29) is 0 Å². The summed E-state index contributed by atoms with van der Waals surface area (Å²) in [5.41, 5.74) is 1.13. The van der Waals surface area contributed by atoms with Gasteiger partial charge in [0.1, 0.15) is 12.1 Å². The molecule has 4 heteroatoms. The second-order valence-electron chi connectivity index (χ2n) is 5.76. The number of hydrogen-bond donors (Lipinski definition) is 1. The van der Waals surface area contributed by atoms with Crippen LogP contribution >= 0.6 is 0 Å². The number of hydrogen-bond acceptors (Lipinski definition) is 4. The van der Waals surface area contributed by atoms with E-state index < -0.39 is 0 Å². The van der Waals surface area contributed by atoms with Crippen LogP contribution in [0.4, 0.5) is 5.82 Å². The maximum absolute atomic E-state index is 4.45. The lowest BCUT2D eigenvalue weighted by Crippen LogP contribution is -2.39. The van der Waals surface area contributed by atoms with Gasteiger partial charge in [0.05, 0.1) is 0 Å². The van der Waals surface area contributed by atoms with E-state index in [2.05, 4.69) is 47.0 Å². The Balaban J connectivity index is 1.97. The normalized spacial score (nSPS) is 19.4. The van der Waals surface area contributed by atoms with Gasteiger partial charge in [-0.15, -0.1) is 0 Å². The average molecular weight is 262 g/mol. The molecular weight excluding hydrogens is 236 g/mol. The van der Waals surface area contributed by atoms with Crippen molar-refractivity contribution in [1.29, 1.82) is 0 Å². The average Bonchev–Trinajstić information content (AvgIpc) is 2.87. The van der Waals surface area contributed by atoms with Gasteiger partial charge < -0.3 is 10.2 Å². The molecule has 1 unspecified atom stereocenters. The fraction of sp³-hybridized carbons (Fsp3) is 0.733. The van der Waals surface area contributed by atoms with E-state index in [0.29, 0.717) is 12.0 Å². The van der Waals surface area contributed by atoms with Gasteiger partial charge in [0.2, 0.25) is 0 Å². The largest absolute Gasteiger partial charge is 0.352 e. The molecule has 0 amide bonds. The van der Waals surface area contributed by atoms with Crippen LogP contribution < -0.4 is 10.2 Å². The number of rotatable bonds is 6. The van der Waals surface area contributed by atoms with E-state index in [9.17, 15) is 0 Å². The van der Waals surface area contributed by atoms with Gasteiger partial charge in [0.15, 0.2) is 0 Å². The molecule has 2 heterocycles. The van der Waals surface area contributed by atoms with Crippen LogP contribution in [0.3, 0.4) is 0 Å². The molecule has 0 spiro atoms. The number of aryl methyl sites for hydroxylation is 1. The molecule has 0 aromatic carbocycles. The van der Waals surface area contributed by atoms with Crippen molar-refractivity contribution in [3.63, 3.8) is 0 Å². The van der Waals surface area contributed by atoms with Gasteiger partial charge in [-0.3, -0.25) is 0 Å². The molecule has 2 rings (SSSR count). The molecule has 1 aliphatic heterocycles. The Kier molecular flexibility index (Phi) is 5.14. The number of nitrogens with zero attached hydrogens (tertiary/aromatic N) is 3. The van der Waals surface area contributed by atoms with Crippen LogP contribution in [-0.4, -0.2) is 35.6 Å². The zero-order chi connectivity index (χ0) is 13.7. The van der Waals surface area contributed by atoms with Crippen LogP contribution in [0.1, 0.15) is 39.3 Å². The van der Waals surface area contributed by atoms with Gasteiger partial charge in [-0.05, 0) is 31.7 Å². The molecule has 106 valence electrons. The molecule has 4 nitrogen and oxygen atoms in total. The highest BCUT2D eigenvalue weighted by molar-refractivity contribution is 5.41. The Morgan fingerprint density at radius 2 is 2.26 bits per heavy atom. The summed E-state index contributed by atoms with van der Waals surface area (Å²) in [4.78, 5) is 11.2. The van der Waals surface area contributed by atoms with Crippen molar-refractivity contribution >= 4 is 5.82 Å². The molecular formula is C15H26N4. The number of aromatic nitrogens is 2. The highest BCUT2D eigenvalue weighted by Crippen LogP contribution is 2.23. The topological polar surface area (TPSA) is 41.0 Å². The lowest BCUT2D eigenvalue weighted by Gasteiger charge is -2.26. The summed E-state index contributed by atoms with van der Waals surface area (Å²) in [6.45, 7) is 9.90. The van der Waals surface area contributed by atoms with Crippen LogP contribution in [0.15, 0.2) is 12.4 Å². The Hall–Kier alpha value is -1.16. The second-order valence-corrected chi connectivity index (χ2v) is 5.76. The second kappa shape index (κ2) is 6.85. The van der Waals surface area contributed by atoms with Crippen molar-refractivity contribution in [2.24, 2.45) is 5.92 Å². The summed E-state index contributed by atoms with van der Waals surface area (Å²) in [5, 5.41) is 3.57. The SMILES string of the molecule is CCc1cc(N2CCCC2CNCC(C)C)ncn1. The third-order valence-corrected chi connectivity index (χ3v) is 3.68. The minimum atomic E-state index is 0.582. The summed E-state index contributed by atoms with van der Waals surface area (Å²) < 4.78 is 0. The minimum Gasteiger partial charge on any atom is -0.352 e. The van der Waals surface area contributed by atoms with E-state index >= 15 is 0 Å². The van der Waals surface area contributed by atoms with E-state index in [1.165, 1.54) is 12.8 Å². The lowest BCUT2D eigenvalue weighted by molar-refractivity contribution is 0.511. The van der Waals surface area contributed by atoms with Gasteiger partial charge in [-0.2, -0.15) is 0 Å². The van der Waals surface area contributed by atoms with Crippen molar-refractivity contribution < 1.29 is 0 Å². The van der Waals surface area contributed by atoms with E-state index in [1.54, 1.807) is 6.33 Å². The predicted octanol–water partition coefficient (Wildman–Crippen LogP) is 2.25. The molecule has 1 aromatic heterocycles. The molecule has 0 radical (unpaired) electrons. The Bertz CT molecular complexity index is 391. The zero-order valence-electron chi connectivity index (χ0n) is 12.4. The third kappa shape index (κ3) is 3.90. The van der Waals surface area contributed by atoms with Gasteiger partial charge in [0.25, 0.3) is 0 Å². The van der Waals surface area contributed by atoms with E-state index in [4.69, 9.17) is 0 Å². The molecule has 0 saturated carbocycles. The molecule has 1 fully saturated rings. The molecule has 1 saturated heterocycles. The molecule has 1 aromatic rings. The van der Waals surface area contributed by atoms with Crippen LogP contribution in [0.5, 0.6) is 0 Å². The maximum atomic E-state index is 4.45. The lowest BCUT2D eigenvalue weighted by atomic mass is 10.2. The molecule has 1 N–H and O–H groups in total. The first-order valence-electron chi connectivity index (χ1n) is 7.49. The van der Waals surface area contributed by atoms with Crippen molar-refractivity contribution in [1.82, 2.24) is 15.3 Å².